The summed E-state index contributed by atoms with van der Waals surface area (Å²) < 4.78 is 24.0. The van der Waals surface area contributed by atoms with Gasteiger partial charge in [-0.1, -0.05) is 18.1 Å². The number of ether oxygens (including phenoxy) is 1. The van der Waals surface area contributed by atoms with Gasteiger partial charge in [0, 0.05) is 19.5 Å². The maximum absolute atomic E-state index is 13.3. The molecule has 1 aromatic heterocycles. The number of benzene rings is 1. The second kappa shape index (κ2) is 9.61. The number of nitrogens with one attached hydrogen (secondary N) is 2. The average molecular weight is 349 g/mol. The summed E-state index contributed by atoms with van der Waals surface area (Å²) in [5, 5.41) is 10.2. The quantitative estimate of drug-likeness (QED) is 0.562. The van der Waals surface area contributed by atoms with Crippen molar-refractivity contribution in [2.45, 2.75) is 39.8 Å². The number of aryl methyl sites for hydroxylation is 1. The van der Waals surface area contributed by atoms with E-state index >= 15 is 0 Å². The lowest BCUT2D eigenvalue weighted by Gasteiger charge is -2.20. The Balaban J connectivity index is 1.91. The molecule has 2 rings (SSSR count). The van der Waals surface area contributed by atoms with Crippen LogP contribution in [0, 0.1) is 12.7 Å². The Morgan fingerprint density at radius 3 is 2.84 bits per heavy atom. The number of hydrogen-bond donors (Lipinski definition) is 2. The Morgan fingerprint density at radius 1 is 1.36 bits per heavy atom. The van der Waals surface area contributed by atoms with Crippen molar-refractivity contribution in [3.8, 4) is 5.75 Å². The maximum Gasteiger partial charge on any atom is 0.223 e. The molecule has 0 saturated carbocycles. The molecule has 0 saturated heterocycles. The molecular formula is C17H24FN5O2. The molecule has 0 amide bonds. The Labute approximate surface area is 146 Å². The van der Waals surface area contributed by atoms with Crippen molar-refractivity contribution >= 4 is 5.96 Å². The Morgan fingerprint density at radius 2 is 2.20 bits per heavy atom. The minimum Gasteiger partial charge on any atom is -0.489 e. The fourth-order valence-electron chi connectivity index (χ4n) is 2.11. The van der Waals surface area contributed by atoms with Crippen molar-refractivity contribution < 1.29 is 13.7 Å². The molecule has 1 heterocycles. The third-order valence-electron chi connectivity index (χ3n) is 3.34. The van der Waals surface area contributed by atoms with Crippen LogP contribution in [-0.2, 0) is 6.54 Å². The SMILES string of the molecule is CCNC(=NCc1noc(C)n1)NCC(CC)Oc1cccc(F)c1. The van der Waals surface area contributed by atoms with Gasteiger partial charge < -0.3 is 19.9 Å². The van der Waals surface area contributed by atoms with Gasteiger partial charge in [0.15, 0.2) is 11.8 Å². The van der Waals surface area contributed by atoms with E-state index in [1.807, 2.05) is 13.8 Å². The normalized spacial score (nSPS) is 12.7. The molecule has 136 valence electrons. The first-order chi connectivity index (χ1) is 12.1. The Kier molecular flexibility index (Phi) is 7.18. The third kappa shape index (κ3) is 6.40. The fraction of sp³-hybridized carbons (Fsp3) is 0.471. The summed E-state index contributed by atoms with van der Waals surface area (Å²) in [4.78, 5) is 8.54. The van der Waals surface area contributed by atoms with Crippen molar-refractivity contribution in [3.05, 3.63) is 41.8 Å². The standard InChI is InChI=1S/C17H24FN5O2/c1-4-14(24-15-8-6-7-13(18)9-15)10-20-17(19-5-2)21-11-16-22-12(3)25-23-16/h6-9,14H,4-5,10-11H2,1-3H3,(H2,19,20,21). The van der Waals surface area contributed by atoms with E-state index in [2.05, 4.69) is 25.8 Å². The van der Waals surface area contributed by atoms with Crippen LogP contribution in [0.1, 0.15) is 32.0 Å². The average Bonchev–Trinajstić information content (AvgIpc) is 3.01. The van der Waals surface area contributed by atoms with Gasteiger partial charge in [-0.3, -0.25) is 0 Å². The predicted octanol–water partition coefficient (Wildman–Crippen LogP) is 2.43. The molecule has 1 aromatic carbocycles. The van der Waals surface area contributed by atoms with E-state index in [4.69, 9.17) is 9.26 Å². The van der Waals surface area contributed by atoms with Gasteiger partial charge in [0.05, 0.1) is 6.54 Å². The summed E-state index contributed by atoms with van der Waals surface area (Å²) in [6.45, 7) is 7.30. The molecule has 2 aromatic rings. The van der Waals surface area contributed by atoms with Gasteiger partial charge in [-0.05, 0) is 25.5 Å². The first-order valence-electron chi connectivity index (χ1n) is 8.34. The number of rotatable bonds is 8. The highest BCUT2D eigenvalue weighted by Gasteiger charge is 2.10. The van der Waals surface area contributed by atoms with Crippen molar-refractivity contribution in [1.29, 1.82) is 0 Å². The van der Waals surface area contributed by atoms with E-state index in [1.54, 1.807) is 19.1 Å². The van der Waals surface area contributed by atoms with Gasteiger partial charge in [-0.2, -0.15) is 4.98 Å². The zero-order valence-electron chi connectivity index (χ0n) is 14.8. The summed E-state index contributed by atoms with van der Waals surface area (Å²) in [6.07, 6.45) is 0.658. The molecule has 0 aliphatic heterocycles. The number of halogens is 1. The monoisotopic (exact) mass is 349 g/mol. The van der Waals surface area contributed by atoms with Gasteiger partial charge in [0.1, 0.15) is 24.2 Å². The summed E-state index contributed by atoms with van der Waals surface area (Å²) in [6, 6.07) is 6.13. The van der Waals surface area contributed by atoms with E-state index in [1.165, 1.54) is 12.1 Å². The van der Waals surface area contributed by atoms with Crippen molar-refractivity contribution in [2.75, 3.05) is 13.1 Å². The first kappa shape index (κ1) is 18.7. The highest BCUT2D eigenvalue weighted by molar-refractivity contribution is 5.79. The molecule has 1 atom stereocenters. The molecule has 1 unspecified atom stereocenters. The van der Waals surface area contributed by atoms with Gasteiger partial charge >= 0.3 is 0 Å². The van der Waals surface area contributed by atoms with Gasteiger partial charge in [-0.25, -0.2) is 9.38 Å². The molecule has 2 N–H and O–H groups in total. The molecule has 0 bridgehead atoms. The molecule has 0 radical (unpaired) electrons. The van der Waals surface area contributed by atoms with Crippen LogP contribution in [0.15, 0.2) is 33.8 Å². The van der Waals surface area contributed by atoms with E-state index in [-0.39, 0.29) is 11.9 Å². The van der Waals surface area contributed by atoms with Gasteiger partial charge in [-0.15, -0.1) is 0 Å². The van der Waals surface area contributed by atoms with Crippen molar-refractivity contribution in [1.82, 2.24) is 20.8 Å². The van der Waals surface area contributed by atoms with Crippen molar-refractivity contribution in [2.24, 2.45) is 4.99 Å². The Hall–Kier alpha value is -2.64. The number of guanidine groups is 1. The molecule has 8 heteroatoms. The van der Waals surface area contributed by atoms with Crippen LogP contribution in [0.5, 0.6) is 5.75 Å². The minimum absolute atomic E-state index is 0.113. The predicted molar refractivity (Wildman–Crippen MR) is 93.0 cm³/mol. The highest BCUT2D eigenvalue weighted by Crippen LogP contribution is 2.14. The maximum atomic E-state index is 13.3. The van der Waals surface area contributed by atoms with Crippen molar-refractivity contribution in [3.63, 3.8) is 0 Å². The van der Waals surface area contributed by atoms with E-state index in [0.717, 1.165) is 13.0 Å². The van der Waals surface area contributed by atoms with Crippen LogP contribution in [0.4, 0.5) is 4.39 Å². The summed E-state index contributed by atoms with van der Waals surface area (Å²) in [5.74, 6) is 1.87. The second-order valence-corrected chi connectivity index (χ2v) is 5.41. The van der Waals surface area contributed by atoms with Crippen LogP contribution in [0.25, 0.3) is 0 Å². The lowest BCUT2D eigenvalue weighted by molar-refractivity contribution is 0.198. The number of aliphatic imine (C=N–C) groups is 1. The zero-order chi connectivity index (χ0) is 18.1. The lowest BCUT2D eigenvalue weighted by atomic mass is 10.2. The molecule has 0 aliphatic carbocycles. The largest absolute Gasteiger partial charge is 0.489 e. The summed E-state index contributed by atoms with van der Waals surface area (Å²) >= 11 is 0. The lowest BCUT2D eigenvalue weighted by Crippen LogP contribution is -2.42. The van der Waals surface area contributed by atoms with Gasteiger partial charge in [0.25, 0.3) is 0 Å². The third-order valence-corrected chi connectivity index (χ3v) is 3.34. The molecule has 0 spiro atoms. The number of nitrogens with zero attached hydrogens (tertiary/aromatic N) is 3. The number of aromatic nitrogens is 2. The first-order valence-corrected chi connectivity index (χ1v) is 8.34. The minimum atomic E-state index is -0.314. The van der Waals surface area contributed by atoms with Gasteiger partial charge in [0.2, 0.25) is 5.89 Å². The fourth-order valence-corrected chi connectivity index (χ4v) is 2.11. The van der Waals surface area contributed by atoms with Crippen LogP contribution < -0.4 is 15.4 Å². The highest BCUT2D eigenvalue weighted by atomic mass is 19.1. The van der Waals surface area contributed by atoms with Crippen LogP contribution in [0.3, 0.4) is 0 Å². The van der Waals surface area contributed by atoms with E-state index in [0.29, 0.717) is 36.5 Å². The summed E-state index contributed by atoms with van der Waals surface area (Å²) in [5.41, 5.74) is 0. The summed E-state index contributed by atoms with van der Waals surface area (Å²) in [7, 11) is 0. The second-order valence-electron chi connectivity index (χ2n) is 5.41. The topological polar surface area (TPSA) is 84.6 Å². The van der Waals surface area contributed by atoms with E-state index < -0.39 is 0 Å². The Bertz CT molecular complexity index is 689. The smallest absolute Gasteiger partial charge is 0.223 e. The molecule has 0 fully saturated rings. The zero-order valence-corrected chi connectivity index (χ0v) is 14.8. The molecule has 25 heavy (non-hydrogen) atoms. The molecule has 7 nitrogen and oxygen atoms in total. The van der Waals surface area contributed by atoms with Crippen LogP contribution in [0.2, 0.25) is 0 Å². The van der Waals surface area contributed by atoms with E-state index in [9.17, 15) is 4.39 Å². The van der Waals surface area contributed by atoms with Crippen LogP contribution in [-0.4, -0.2) is 35.3 Å². The molecule has 0 aliphatic rings. The van der Waals surface area contributed by atoms with Crippen LogP contribution >= 0.6 is 0 Å². The molecular weight excluding hydrogens is 325 g/mol. The number of hydrogen-bond acceptors (Lipinski definition) is 5.